The number of nitrogens with one attached hydrogen (secondary N) is 2. The molecule has 9 heteroatoms. The number of anilines is 1. The first-order valence-electron chi connectivity index (χ1n) is 6.48. The fraction of sp³-hybridized carbons (Fsp3) is 0.357. The van der Waals surface area contributed by atoms with Gasteiger partial charge in [-0.3, -0.25) is 9.59 Å². The molecule has 2 amide bonds. The van der Waals surface area contributed by atoms with E-state index in [-0.39, 0.29) is 23.4 Å². The highest BCUT2D eigenvalue weighted by Crippen LogP contribution is 2.20. The molecule has 0 aliphatic rings. The molecule has 0 atom stereocenters. The molecule has 1 rings (SSSR count). The van der Waals surface area contributed by atoms with Crippen LogP contribution in [0.5, 0.6) is 0 Å². The van der Waals surface area contributed by atoms with Crippen LogP contribution in [0, 0.1) is 12.7 Å². The third-order valence-corrected chi connectivity index (χ3v) is 3.00. The van der Waals surface area contributed by atoms with Crippen LogP contribution in [0.4, 0.5) is 10.1 Å². The SMILES string of the molecule is COC(CNC(=O)C(=O)Nc1cc(C(=O)O)cc(F)c1C)OC. The molecule has 0 aromatic heterocycles. The Hall–Kier alpha value is -2.52. The van der Waals surface area contributed by atoms with E-state index >= 15 is 0 Å². The van der Waals surface area contributed by atoms with E-state index in [1.165, 1.54) is 21.1 Å². The lowest BCUT2D eigenvalue weighted by molar-refractivity contribution is -0.139. The lowest BCUT2D eigenvalue weighted by Crippen LogP contribution is -2.40. The first-order chi connectivity index (χ1) is 10.8. The fourth-order valence-corrected chi connectivity index (χ4v) is 1.63. The number of rotatable bonds is 6. The molecule has 0 aliphatic carbocycles. The Kier molecular flexibility index (Phi) is 6.61. The highest BCUT2D eigenvalue weighted by Gasteiger charge is 2.19. The van der Waals surface area contributed by atoms with Crippen molar-refractivity contribution < 1.29 is 33.4 Å². The molecule has 0 fully saturated rings. The zero-order valence-electron chi connectivity index (χ0n) is 12.8. The molecule has 8 nitrogen and oxygen atoms in total. The second kappa shape index (κ2) is 8.20. The molecule has 0 spiro atoms. The van der Waals surface area contributed by atoms with Gasteiger partial charge in [-0.25, -0.2) is 9.18 Å². The lowest BCUT2D eigenvalue weighted by atomic mass is 10.1. The van der Waals surface area contributed by atoms with Gasteiger partial charge in [0.05, 0.1) is 12.1 Å². The van der Waals surface area contributed by atoms with Gasteiger partial charge in [0.1, 0.15) is 5.82 Å². The molecule has 0 aliphatic heterocycles. The van der Waals surface area contributed by atoms with Crippen molar-refractivity contribution >= 4 is 23.5 Å². The summed E-state index contributed by atoms with van der Waals surface area (Å²) in [4.78, 5) is 34.3. The maximum absolute atomic E-state index is 13.6. The molecule has 0 heterocycles. The van der Waals surface area contributed by atoms with E-state index in [0.29, 0.717) is 0 Å². The van der Waals surface area contributed by atoms with E-state index in [9.17, 15) is 18.8 Å². The summed E-state index contributed by atoms with van der Waals surface area (Å²) in [5, 5.41) is 13.3. The molecule has 0 unspecified atom stereocenters. The van der Waals surface area contributed by atoms with Crippen LogP contribution in [-0.2, 0) is 19.1 Å². The Bertz CT molecular complexity index is 616. The summed E-state index contributed by atoms with van der Waals surface area (Å²) < 4.78 is 23.3. The first-order valence-corrected chi connectivity index (χ1v) is 6.48. The van der Waals surface area contributed by atoms with Crippen LogP contribution in [0.15, 0.2) is 12.1 Å². The minimum absolute atomic E-state index is 0.0165. The molecule has 1 aromatic carbocycles. The van der Waals surface area contributed by atoms with Gasteiger partial charge in [-0.1, -0.05) is 0 Å². The van der Waals surface area contributed by atoms with Gasteiger partial charge in [0.25, 0.3) is 0 Å². The second-order valence-corrected chi connectivity index (χ2v) is 4.50. The van der Waals surface area contributed by atoms with Gasteiger partial charge < -0.3 is 25.2 Å². The highest BCUT2D eigenvalue weighted by molar-refractivity contribution is 6.39. The Morgan fingerprint density at radius 3 is 2.35 bits per heavy atom. The number of carboxylic acid groups (broad SMARTS) is 1. The number of carboxylic acids is 1. The average molecular weight is 328 g/mol. The third-order valence-electron chi connectivity index (χ3n) is 3.00. The molecular formula is C14H17FN2O6. The fourth-order valence-electron chi connectivity index (χ4n) is 1.63. The van der Waals surface area contributed by atoms with Gasteiger partial charge in [0, 0.05) is 25.5 Å². The van der Waals surface area contributed by atoms with E-state index in [1.807, 2.05) is 0 Å². The predicted molar refractivity (Wildman–Crippen MR) is 77.5 cm³/mol. The monoisotopic (exact) mass is 328 g/mol. The van der Waals surface area contributed by atoms with Gasteiger partial charge in [0.2, 0.25) is 0 Å². The number of hydrogen-bond donors (Lipinski definition) is 3. The van der Waals surface area contributed by atoms with E-state index in [1.54, 1.807) is 0 Å². The van der Waals surface area contributed by atoms with Gasteiger partial charge in [-0.2, -0.15) is 0 Å². The Morgan fingerprint density at radius 2 is 1.83 bits per heavy atom. The van der Waals surface area contributed by atoms with Crippen molar-refractivity contribution in [3.63, 3.8) is 0 Å². The number of benzene rings is 1. The standard InChI is InChI=1S/C14H17FN2O6/c1-7-9(15)4-8(14(20)21)5-10(7)17-13(19)12(18)16-6-11(22-2)23-3/h4-5,11H,6H2,1-3H3,(H,16,18)(H,17,19)(H,20,21). The van der Waals surface area contributed by atoms with E-state index in [0.717, 1.165) is 12.1 Å². The van der Waals surface area contributed by atoms with Crippen LogP contribution in [0.3, 0.4) is 0 Å². The number of carbonyl (C=O) groups is 3. The number of hydrogen-bond acceptors (Lipinski definition) is 5. The largest absolute Gasteiger partial charge is 0.478 e. The van der Waals surface area contributed by atoms with Crippen molar-refractivity contribution in [3.8, 4) is 0 Å². The van der Waals surface area contributed by atoms with E-state index < -0.39 is 29.9 Å². The summed E-state index contributed by atoms with van der Waals surface area (Å²) in [5.74, 6) is -4.23. The maximum atomic E-state index is 13.6. The second-order valence-electron chi connectivity index (χ2n) is 4.50. The molecular weight excluding hydrogens is 311 g/mol. The summed E-state index contributed by atoms with van der Waals surface area (Å²) in [6, 6.07) is 1.90. The van der Waals surface area contributed by atoms with Crippen LogP contribution < -0.4 is 10.6 Å². The zero-order chi connectivity index (χ0) is 17.6. The first kappa shape index (κ1) is 18.5. The third kappa shape index (κ3) is 5.01. The van der Waals surface area contributed by atoms with E-state index in [2.05, 4.69) is 10.6 Å². The van der Waals surface area contributed by atoms with E-state index in [4.69, 9.17) is 14.6 Å². The lowest BCUT2D eigenvalue weighted by Gasteiger charge is -2.14. The van der Waals surface area contributed by atoms with Crippen LogP contribution in [-0.4, -0.2) is 49.9 Å². The molecule has 0 radical (unpaired) electrons. The zero-order valence-corrected chi connectivity index (χ0v) is 12.8. The average Bonchev–Trinajstić information content (AvgIpc) is 2.51. The normalized spacial score (nSPS) is 10.5. The quantitative estimate of drug-likeness (QED) is 0.518. The van der Waals surface area contributed by atoms with Crippen molar-refractivity contribution in [1.82, 2.24) is 5.32 Å². The Labute approximate surface area is 131 Å². The Morgan fingerprint density at radius 1 is 1.22 bits per heavy atom. The van der Waals surface area contributed by atoms with Crippen molar-refractivity contribution in [1.29, 1.82) is 0 Å². The molecule has 0 saturated heterocycles. The van der Waals surface area contributed by atoms with Crippen LogP contribution in [0.2, 0.25) is 0 Å². The van der Waals surface area contributed by atoms with Gasteiger partial charge >= 0.3 is 17.8 Å². The van der Waals surface area contributed by atoms with Crippen molar-refractivity contribution in [2.45, 2.75) is 13.2 Å². The van der Waals surface area contributed by atoms with Crippen LogP contribution in [0.1, 0.15) is 15.9 Å². The number of halogens is 1. The maximum Gasteiger partial charge on any atom is 0.335 e. The topological polar surface area (TPSA) is 114 Å². The van der Waals surface area contributed by atoms with Crippen LogP contribution >= 0.6 is 0 Å². The van der Waals surface area contributed by atoms with Crippen LogP contribution in [0.25, 0.3) is 0 Å². The summed E-state index contributed by atoms with van der Waals surface area (Å²) in [7, 11) is 2.73. The number of ether oxygens (including phenoxy) is 2. The van der Waals surface area contributed by atoms with Crippen molar-refractivity contribution in [3.05, 3.63) is 29.1 Å². The number of amides is 2. The molecule has 1 aromatic rings. The summed E-state index contributed by atoms with van der Waals surface area (Å²) >= 11 is 0. The summed E-state index contributed by atoms with van der Waals surface area (Å²) in [6.45, 7) is 1.28. The molecule has 23 heavy (non-hydrogen) atoms. The molecule has 126 valence electrons. The van der Waals surface area contributed by atoms with Gasteiger partial charge in [-0.15, -0.1) is 0 Å². The highest BCUT2D eigenvalue weighted by atomic mass is 19.1. The van der Waals surface area contributed by atoms with Gasteiger partial charge in [0.15, 0.2) is 6.29 Å². The van der Waals surface area contributed by atoms with Gasteiger partial charge in [-0.05, 0) is 19.1 Å². The minimum atomic E-state index is -1.35. The minimum Gasteiger partial charge on any atom is -0.478 e. The molecule has 3 N–H and O–H groups in total. The molecule has 0 bridgehead atoms. The predicted octanol–water partition coefficient (Wildman–Crippen LogP) is 0.506. The molecule has 0 saturated carbocycles. The number of aromatic carboxylic acids is 1. The number of methoxy groups -OCH3 is 2. The smallest absolute Gasteiger partial charge is 0.335 e. The Balaban J connectivity index is 2.81. The van der Waals surface area contributed by atoms with Crippen molar-refractivity contribution in [2.75, 3.05) is 26.1 Å². The summed E-state index contributed by atoms with van der Waals surface area (Å²) in [6.07, 6.45) is -0.721. The van der Waals surface area contributed by atoms with Crippen molar-refractivity contribution in [2.24, 2.45) is 0 Å². The summed E-state index contributed by atoms with van der Waals surface area (Å²) in [5.41, 5.74) is -0.428. The number of carbonyl (C=O) groups excluding carboxylic acids is 2.